The number of carbonyl (C=O) groups excluding carboxylic acids is 1. The van der Waals surface area contributed by atoms with Gasteiger partial charge in [-0.1, -0.05) is 41.7 Å². The van der Waals surface area contributed by atoms with E-state index < -0.39 is 20.9 Å². The number of nitro benzene ring substituents is 1. The molecular weight excluding hydrogens is 476 g/mol. The molecule has 0 N–H and O–H groups in total. The van der Waals surface area contributed by atoms with Crippen LogP contribution in [0.2, 0.25) is 0 Å². The minimum absolute atomic E-state index is 0.0405. The molecule has 0 aliphatic rings. The van der Waals surface area contributed by atoms with Gasteiger partial charge in [-0.05, 0) is 35.9 Å². The van der Waals surface area contributed by atoms with E-state index in [-0.39, 0.29) is 22.7 Å². The topological polar surface area (TPSA) is 115 Å². The number of nitrogens with zero attached hydrogens (tertiary/aromatic N) is 4. The van der Waals surface area contributed by atoms with Crippen molar-refractivity contribution in [3.05, 3.63) is 98.8 Å². The number of nitro groups is 1. The highest BCUT2D eigenvalue weighted by molar-refractivity contribution is 7.89. The number of amides is 1. The van der Waals surface area contributed by atoms with Crippen molar-refractivity contribution in [3.8, 4) is 0 Å². The number of carbonyl (C=O) groups is 1. The normalized spacial score (nSPS) is 12.4. The number of aryl methyl sites for hydroxylation is 1. The summed E-state index contributed by atoms with van der Waals surface area (Å²) in [6.07, 6.45) is 0. The van der Waals surface area contributed by atoms with Gasteiger partial charge >= 0.3 is 0 Å². The number of fused-ring (bicyclic) bond motifs is 1. The Morgan fingerprint density at radius 3 is 2.41 bits per heavy atom. The Morgan fingerprint density at radius 2 is 1.76 bits per heavy atom. The number of thiazole rings is 1. The maximum absolute atomic E-state index is 12.9. The zero-order valence-corrected chi connectivity index (χ0v) is 19.9. The molecule has 0 spiro atoms. The Kier molecular flexibility index (Phi) is 6.42. The second-order valence-electron chi connectivity index (χ2n) is 7.54. The highest BCUT2D eigenvalue weighted by Gasteiger charge is 2.21. The third kappa shape index (κ3) is 4.67. The van der Waals surface area contributed by atoms with Crippen molar-refractivity contribution in [2.75, 3.05) is 7.05 Å². The second kappa shape index (κ2) is 9.29. The van der Waals surface area contributed by atoms with Crippen LogP contribution in [0.3, 0.4) is 0 Å². The van der Waals surface area contributed by atoms with Gasteiger partial charge < -0.3 is 4.57 Å². The molecule has 174 valence electrons. The Bertz CT molecular complexity index is 1560. The van der Waals surface area contributed by atoms with E-state index in [0.29, 0.717) is 15.0 Å². The number of non-ortho nitro benzene ring substituents is 1. The van der Waals surface area contributed by atoms with E-state index in [1.54, 1.807) is 17.7 Å². The third-order valence-electron chi connectivity index (χ3n) is 5.26. The standard InChI is InChI=1S/C23H20N4O5S2/c1-25(15-16-6-4-3-5-7-16)34(31,32)19-11-8-17(9-12-19)22(28)24-23-26(2)20-13-10-18(27(29)30)14-21(20)33-23/h3-14H,15H2,1-2H3. The first kappa shape index (κ1) is 23.5. The molecule has 0 bridgehead atoms. The van der Waals surface area contributed by atoms with Crippen molar-refractivity contribution in [3.63, 3.8) is 0 Å². The monoisotopic (exact) mass is 496 g/mol. The SMILES string of the molecule is CN(Cc1ccccc1)S(=O)(=O)c1ccc(C(=O)N=c2sc3cc([N+](=O)[O-])ccc3n2C)cc1. The van der Waals surface area contributed by atoms with Crippen LogP contribution in [0.1, 0.15) is 15.9 Å². The van der Waals surface area contributed by atoms with Gasteiger partial charge in [-0.15, -0.1) is 0 Å². The van der Waals surface area contributed by atoms with Crippen molar-refractivity contribution in [2.45, 2.75) is 11.4 Å². The average Bonchev–Trinajstić information content (AvgIpc) is 3.14. The maximum atomic E-state index is 12.9. The Balaban J connectivity index is 1.58. The largest absolute Gasteiger partial charge is 0.319 e. The van der Waals surface area contributed by atoms with E-state index in [1.165, 1.54) is 47.8 Å². The lowest BCUT2D eigenvalue weighted by Gasteiger charge is -2.17. The summed E-state index contributed by atoms with van der Waals surface area (Å²) in [5, 5.41) is 11.0. The second-order valence-corrected chi connectivity index (χ2v) is 10.6. The van der Waals surface area contributed by atoms with Gasteiger partial charge in [-0.2, -0.15) is 9.30 Å². The molecule has 1 heterocycles. The van der Waals surface area contributed by atoms with Gasteiger partial charge in [0, 0.05) is 38.3 Å². The van der Waals surface area contributed by atoms with Gasteiger partial charge in [-0.3, -0.25) is 14.9 Å². The minimum Gasteiger partial charge on any atom is -0.319 e. The fourth-order valence-corrected chi connectivity index (χ4v) is 5.58. The Labute approximate surface area is 199 Å². The number of aromatic nitrogens is 1. The molecule has 4 aromatic rings. The van der Waals surface area contributed by atoms with Gasteiger partial charge in [0.2, 0.25) is 10.0 Å². The van der Waals surface area contributed by atoms with E-state index in [9.17, 15) is 23.3 Å². The molecule has 34 heavy (non-hydrogen) atoms. The zero-order chi connectivity index (χ0) is 24.5. The predicted molar refractivity (Wildman–Crippen MR) is 129 cm³/mol. The molecule has 0 saturated heterocycles. The highest BCUT2D eigenvalue weighted by Crippen LogP contribution is 2.23. The molecule has 0 saturated carbocycles. The number of hydrogen-bond donors (Lipinski definition) is 0. The van der Waals surface area contributed by atoms with Crippen LogP contribution in [0.25, 0.3) is 10.2 Å². The van der Waals surface area contributed by atoms with Crippen molar-refractivity contribution >= 4 is 43.2 Å². The summed E-state index contributed by atoms with van der Waals surface area (Å²) in [6.45, 7) is 0.222. The summed E-state index contributed by atoms with van der Waals surface area (Å²) in [5.41, 5.74) is 1.76. The molecule has 1 amide bonds. The Hall–Kier alpha value is -3.67. The molecular formula is C23H20N4O5S2. The summed E-state index contributed by atoms with van der Waals surface area (Å²) >= 11 is 1.16. The van der Waals surface area contributed by atoms with Crippen LogP contribution in [0.4, 0.5) is 5.69 Å². The number of sulfonamides is 1. The molecule has 1 aromatic heterocycles. The van der Waals surface area contributed by atoms with Crippen molar-refractivity contribution in [1.82, 2.24) is 8.87 Å². The van der Waals surface area contributed by atoms with Crippen LogP contribution < -0.4 is 4.80 Å². The highest BCUT2D eigenvalue weighted by atomic mass is 32.2. The molecule has 0 unspecified atom stereocenters. The molecule has 9 nitrogen and oxygen atoms in total. The molecule has 0 radical (unpaired) electrons. The first-order chi connectivity index (χ1) is 16.2. The number of benzene rings is 3. The van der Waals surface area contributed by atoms with Crippen molar-refractivity contribution in [2.24, 2.45) is 12.0 Å². The molecule has 0 atom stereocenters. The van der Waals surface area contributed by atoms with Gasteiger partial charge in [0.15, 0.2) is 4.80 Å². The van der Waals surface area contributed by atoms with Gasteiger partial charge in [-0.25, -0.2) is 8.42 Å². The molecule has 0 fully saturated rings. The summed E-state index contributed by atoms with van der Waals surface area (Å²) in [6, 6.07) is 19.3. The maximum Gasteiger partial charge on any atom is 0.279 e. The van der Waals surface area contributed by atoms with E-state index in [1.807, 2.05) is 30.3 Å². The number of rotatable bonds is 6. The van der Waals surface area contributed by atoms with Crippen LogP contribution >= 0.6 is 11.3 Å². The number of hydrogen-bond acceptors (Lipinski definition) is 6. The lowest BCUT2D eigenvalue weighted by molar-refractivity contribution is -0.384. The van der Waals surface area contributed by atoms with Crippen LogP contribution in [0.5, 0.6) is 0 Å². The molecule has 4 rings (SSSR count). The van der Waals surface area contributed by atoms with E-state index in [0.717, 1.165) is 16.9 Å². The summed E-state index contributed by atoms with van der Waals surface area (Å²) < 4.78 is 29.4. The lowest BCUT2D eigenvalue weighted by atomic mass is 10.2. The summed E-state index contributed by atoms with van der Waals surface area (Å²) in [5.74, 6) is -0.543. The summed E-state index contributed by atoms with van der Waals surface area (Å²) in [4.78, 5) is 27.8. The minimum atomic E-state index is -3.74. The first-order valence-corrected chi connectivity index (χ1v) is 12.4. The quantitative estimate of drug-likeness (QED) is 0.298. The fraction of sp³-hybridized carbons (Fsp3) is 0.130. The fourth-order valence-electron chi connectivity index (χ4n) is 3.37. The Morgan fingerprint density at radius 1 is 1.09 bits per heavy atom. The molecule has 3 aromatic carbocycles. The van der Waals surface area contributed by atoms with Crippen LogP contribution in [-0.4, -0.2) is 35.2 Å². The lowest BCUT2D eigenvalue weighted by Crippen LogP contribution is -2.26. The average molecular weight is 497 g/mol. The predicted octanol–water partition coefficient (Wildman–Crippen LogP) is 3.71. The molecule has 0 aliphatic heterocycles. The van der Waals surface area contributed by atoms with Crippen LogP contribution in [0, 0.1) is 10.1 Å². The van der Waals surface area contributed by atoms with Gasteiger partial charge in [0.25, 0.3) is 11.6 Å². The molecule has 11 heteroatoms. The zero-order valence-electron chi connectivity index (χ0n) is 18.3. The smallest absolute Gasteiger partial charge is 0.279 e. The third-order valence-corrected chi connectivity index (χ3v) is 8.17. The van der Waals surface area contributed by atoms with Crippen LogP contribution in [0.15, 0.2) is 82.7 Å². The first-order valence-electron chi connectivity index (χ1n) is 10.1. The summed E-state index contributed by atoms with van der Waals surface area (Å²) in [7, 11) is -0.520. The van der Waals surface area contributed by atoms with Gasteiger partial charge in [0.1, 0.15) is 0 Å². The molecule has 0 aliphatic carbocycles. The van der Waals surface area contributed by atoms with E-state index in [4.69, 9.17) is 0 Å². The van der Waals surface area contributed by atoms with Gasteiger partial charge in [0.05, 0.1) is 20.0 Å². The van der Waals surface area contributed by atoms with Crippen molar-refractivity contribution < 1.29 is 18.1 Å². The van der Waals surface area contributed by atoms with Crippen LogP contribution in [-0.2, 0) is 23.6 Å². The van der Waals surface area contributed by atoms with Crippen molar-refractivity contribution in [1.29, 1.82) is 0 Å². The van der Waals surface area contributed by atoms with E-state index in [2.05, 4.69) is 4.99 Å². The van der Waals surface area contributed by atoms with E-state index >= 15 is 0 Å².